The Bertz CT molecular complexity index is 601. The van der Waals surface area contributed by atoms with Crippen LogP contribution in [-0.2, 0) is 19.1 Å². The zero-order valence-corrected chi connectivity index (χ0v) is 15.4. The van der Waals surface area contributed by atoms with Gasteiger partial charge in [0.1, 0.15) is 6.54 Å². The second kappa shape index (κ2) is 7.14. The van der Waals surface area contributed by atoms with Crippen molar-refractivity contribution in [2.75, 3.05) is 19.7 Å². The summed E-state index contributed by atoms with van der Waals surface area (Å²) in [4.78, 5) is 38.5. The Morgan fingerprint density at radius 2 is 1.81 bits per heavy atom. The Morgan fingerprint density at radius 1 is 1.15 bits per heavy atom. The number of ether oxygens (including phenoxy) is 1. The minimum absolute atomic E-state index is 0.163. The molecule has 6 nitrogen and oxygen atoms in total. The summed E-state index contributed by atoms with van der Waals surface area (Å²) in [6.45, 7) is 2.94. The van der Waals surface area contributed by atoms with Gasteiger partial charge in [0.05, 0.1) is 24.5 Å². The van der Waals surface area contributed by atoms with Crippen LogP contribution in [0.25, 0.3) is 0 Å². The van der Waals surface area contributed by atoms with E-state index in [1.165, 1.54) is 24.2 Å². The Hall–Kier alpha value is -1.69. The molecule has 3 fully saturated rings. The van der Waals surface area contributed by atoms with Crippen LogP contribution in [0.15, 0.2) is 12.2 Å². The zero-order chi connectivity index (χ0) is 18.3. The van der Waals surface area contributed by atoms with Crippen molar-refractivity contribution in [2.45, 2.75) is 45.1 Å². The predicted octanol–water partition coefficient (Wildman–Crippen LogP) is 1.50. The lowest BCUT2D eigenvalue weighted by molar-refractivity contribution is -0.144. The van der Waals surface area contributed by atoms with Crippen molar-refractivity contribution < 1.29 is 19.1 Å². The quantitative estimate of drug-likeness (QED) is 0.443. The van der Waals surface area contributed by atoms with Crippen molar-refractivity contribution in [3.8, 4) is 0 Å². The van der Waals surface area contributed by atoms with Gasteiger partial charge in [-0.1, -0.05) is 31.9 Å². The van der Waals surface area contributed by atoms with Gasteiger partial charge in [0.15, 0.2) is 0 Å². The van der Waals surface area contributed by atoms with Gasteiger partial charge in [-0.05, 0) is 37.0 Å². The van der Waals surface area contributed by atoms with E-state index >= 15 is 0 Å². The van der Waals surface area contributed by atoms with E-state index in [1.54, 1.807) is 0 Å². The number of imide groups is 1. The van der Waals surface area contributed by atoms with Gasteiger partial charge in [0.2, 0.25) is 17.7 Å². The molecule has 0 radical (unpaired) electrons. The molecule has 0 aromatic rings. The van der Waals surface area contributed by atoms with E-state index in [4.69, 9.17) is 4.74 Å². The Labute approximate surface area is 154 Å². The number of nitrogens with zero attached hydrogens (tertiary/aromatic N) is 1. The van der Waals surface area contributed by atoms with Crippen molar-refractivity contribution in [2.24, 2.45) is 29.6 Å². The topological polar surface area (TPSA) is 75.7 Å². The van der Waals surface area contributed by atoms with Crippen LogP contribution in [0.3, 0.4) is 0 Å². The van der Waals surface area contributed by atoms with Crippen LogP contribution in [0.4, 0.5) is 0 Å². The third-order valence-corrected chi connectivity index (χ3v) is 6.65. The first-order valence-corrected chi connectivity index (χ1v) is 9.98. The number of amides is 3. The molecule has 2 saturated carbocycles. The average Bonchev–Trinajstić information content (AvgIpc) is 3.30. The van der Waals surface area contributed by atoms with Gasteiger partial charge in [0.25, 0.3) is 0 Å². The molecule has 2 bridgehead atoms. The van der Waals surface area contributed by atoms with Crippen molar-refractivity contribution in [1.29, 1.82) is 0 Å². The van der Waals surface area contributed by atoms with Crippen LogP contribution in [0.5, 0.6) is 0 Å². The Balaban J connectivity index is 1.22. The van der Waals surface area contributed by atoms with Crippen molar-refractivity contribution in [3.63, 3.8) is 0 Å². The third kappa shape index (κ3) is 3.08. The number of likely N-dealkylation sites (tertiary alicyclic amines) is 1. The van der Waals surface area contributed by atoms with Crippen molar-refractivity contribution >= 4 is 17.7 Å². The summed E-state index contributed by atoms with van der Waals surface area (Å²) in [5, 5.41) is 2.78. The molecule has 0 aromatic carbocycles. The third-order valence-electron chi connectivity index (χ3n) is 6.65. The highest BCUT2D eigenvalue weighted by atomic mass is 16.5. The van der Waals surface area contributed by atoms with Crippen molar-refractivity contribution in [3.05, 3.63) is 12.2 Å². The second-order valence-electron chi connectivity index (χ2n) is 8.28. The number of allylic oxidation sites excluding steroid dienone is 2. The van der Waals surface area contributed by atoms with Gasteiger partial charge in [0, 0.05) is 6.54 Å². The summed E-state index contributed by atoms with van der Waals surface area (Å²) in [5.74, 6) is -0.155. The maximum atomic E-state index is 12.6. The van der Waals surface area contributed by atoms with E-state index in [9.17, 15) is 14.4 Å². The number of nitrogens with one attached hydrogen (secondary N) is 1. The number of hydrogen-bond acceptors (Lipinski definition) is 4. The summed E-state index contributed by atoms with van der Waals surface area (Å²) < 4.78 is 5.88. The highest BCUT2D eigenvalue weighted by Gasteiger charge is 2.59. The molecule has 3 amide bonds. The smallest absolute Gasteiger partial charge is 0.240 e. The van der Waals surface area contributed by atoms with Gasteiger partial charge in [-0.3, -0.25) is 19.3 Å². The molecule has 4 rings (SSSR count). The Kier molecular flexibility index (Phi) is 4.86. The highest BCUT2D eigenvalue weighted by Crippen LogP contribution is 2.52. The minimum atomic E-state index is -0.285. The number of fused-ring (bicyclic) bond motifs is 5. The van der Waals surface area contributed by atoms with Gasteiger partial charge in [-0.25, -0.2) is 0 Å². The van der Waals surface area contributed by atoms with E-state index in [0.717, 1.165) is 12.8 Å². The monoisotopic (exact) mass is 360 g/mol. The molecule has 3 aliphatic carbocycles. The van der Waals surface area contributed by atoms with E-state index in [0.29, 0.717) is 19.1 Å². The van der Waals surface area contributed by atoms with Crippen LogP contribution in [-0.4, -0.2) is 48.4 Å². The zero-order valence-electron chi connectivity index (χ0n) is 15.4. The summed E-state index contributed by atoms with van der Waals surface area (Å²) in [6.07, 6.45) is 10.1. The predicted molar refractivity (Wildman–Crippen MR) is 94.8 cm³/mol. The minimum Gasteiger partial charge on any atom is -0.376 e. The summed E-state index contributed by atoms with van der Waals surface area (Å²) >= 11 is 0. The summed E-state index contributed by atoms with van der Waals surface area (Å²) in [6, 6.07) is 0. The maximum Gasteiger partial charge on any atom is 0.240 e. The van der Waals surface area contributed by atoms with Crippen LogP contribution in [0, 0.1) is 29.6 Å². The first-order valence-electron chi connectivity index (χ1n) is 9.98. The normalized spacial score (nSPS) is 38.1. The largest absolute Gasteiger partial charge is 0.376 e. The lowest BCUT2D eigenvalue weighted by Gasteiger charge is -2.28. The molecule has 0 aromatic heterocycles. The lowest BCUT2D eigenvalue weighted by Crippen LogP contribution is -2.42. The molecular formula is C20H28N2O4. The SMILES string of the molecule is C[C@@H]1CCCC[C@@H]1OCCNC(=O)CN1C(=O)[C@@H]2[C@@H](C1=O)[C@H]1C=C[C@H]2C1. The molecule has 26 heavy (non-hydrogen) atoms. The molecule has 0 spiro atoms. The van der Waals surface area contributed by atoms with Crippen LogP contribution in [0.2, 0.25) is 0 Å². The molecule has 142 valence electrons. The van der Waals surface area contributed by atoms with Crippen molar-refractivity contribution in [1.82, 2.24) is 10.2 Å². The average molecular weight is 360 g/mol. The van der Waals surface area contributed by atoms with E-state index in [1.807, 2.05) is 0 Å². The number of rotatable bonds is 6. The fourth-order valence-electron chi connectivity index (χ4n) is 5.25. The van der Waals surface area contributed by atoms with E-state index in [-0.39, 0.29) is 54.0 Å². The van der Waals surface area contributed by atoms with Crippen LogP contribution >= 0.6 is 0 Å². The highest BCUT2D eigenvalue weighted by molar-refractivity contribution is 6.08. The number of carbonyl (C=O) groups excluding carboxylic acids is 3. The molecule has 1 aliphatic heterocycles. The number of carbonyl (C=O) groups is 3. The number of hydrogen-bond donors (Lipinski definition) is 1. The van der Waals surface area contributed by atoms with Gasteiger partial charge < -0.3 is 10.1 Å². The molecule has 0 unspecified atom stereocenters. The first-order chi connectivity index (χ1) is 12.6. The summed E-state index contributed by atoms with van der Waals surface area (Å²) in [7, 11) is 0. The van der Waals surface area contributed by atoms with Gasteiger partial charge in [-0.15, -0.1) is 0 Å². The standard InChI is InChI=1S/C20H28N2O4/c1-12-4-2-3-5-15(12)26-9-8-21-16(23)11-22-19(24)17-13-6-7-14(10-13)18(17)20(22)25/h6-7,12-15,17-18H,2-5,8-11H2,1H3,(H,21,23)/t12-,13+,14+,15+,17+,18+/m1/s1. The van der Waals surface area contributed by atoms with Crippen LogP contribution in [0.1, 0.15) is 39.0 Å². The molecule has 6 atom stereocenters. The lowest BCUT2D eigenvalue weighted by atomic mass is 9.85. The van der Waals surface area contributed by atoms with Crippen LogP contribution < -0.4 is 5.32 Å². The first kappa shape index (κ1) is 17.7. The van der Waals surface area contributed by atoms with E-state index in [2.05, 4.69) is 24.4 Å². The molecule has 4 aliphatic rings. The molecular weight excluding hydrogens is 332 g/mol. The fourth-order valence-corrected chi connectivity index (χ4v) is 5.25. The Morgan fingerprint density at radius 3 is 2.46 bits per heavy atom. The second-order valence-corrected chi connectivity index (χ2v) is 8.28. The molecule has 1 heterocycles. The van der Waals surface area contributed by atoms with Gasteiger partial charge >= 0.3 is 0 Å². The summed E-state index contributed by atoms with van der Waals surface area (Å²) in [5.41, 5.74) is 0. The maximum absolute atomic E-state index is 12.6. The molecule has 1 saturated heterocycles. The fraction of sp³-hybridized carbons (Fsp3) is 0.750. The van der Waals surface area contributed by atoms with E-state index < -0.39 is 0 Å². The molecule has 1 N–H and O–H groups in total. The molecule has 6 heteroatoms. The van der Waals surface area contributed by atoms with Gasteiger partial charge in [-0.2, -0.15) is 0 Å².